The van der Waals surface area contributed by atoms with Crippen molar-refractivity contribution in [3.8, 4) is 22.8 Å². The van der Waals surface area contributed by atoms with E-state index in [-0.39, 0.29) is 0 Å². The van der Waals surface area contributed by atoms with Gasteiger partial charge in [0.25, 0.3) is 5.89 Å². The van der Waals surface area contributed by atoms with Gasteiger partial charge in [0.1, 0.15) is 5.82 Å². The molecule has 30 heavy (non-hydrogen) atoms. The minimum atomic E-state index is 0.482. The van der Waals surface area contributed by atoms with E-state index in [4.69, 9.17) is 4.52 Å². The van der Waals surface area contributed by atoms with Crippen molar-refractivity contribution < 1.29 is 4.52 Å². The van der Waals surface area contributed by atoms with E-state index in [1.807, 2.05) is 36.4 Å². The molecule has 1 N–H and O–H groups in total. The smallest absolute Gasteiger partial charge is 0.259 e. The maximum Gasteiger partial charge on any atom is 0.259 e. The third-order valence-corrected chi connectivity index (χ3v) is 5.62. The number of nitrogens with one attached hydrogen (secondary N) is 1. The summed E-state index contributed by atoms with van der Waals surface area (Å²) >= 11 is 0. The zero-order valence-electron chi connectivity index (χ0n) is 17.8. The fourth-order valence-electron chi connectivity index (χ4n) is 3.63. The Hall–Kier alpha value is -2.77. The average Bonchev–Trinajstić information content (AvgIpc) is 3.28. The summed E-state index contributed by atoms with van der Waals surface area (Å²) in [6.07, 6.45) is 2.89. The number of rotatable bonds is 8. The number of benzene rings is 1. The summed E-state index contributed by atoms with van der Waals surface area (Å²) < 4.78 is 5.43. The van der Waals surface area contributed by atoms with Gasteiger partial charge in [-0.25, -0.2) is 4.98 Å². The Morgan fingerprint density at radius 2 is 1.70 bits per heavy atom. The Morgan fingerprint density at radius 1 is 0.967 bits per heavy atom. The second kappa shape index (κ2) is 9.82. The molecule has 0 bridgehead atoms. The van der Waals surface area contributed by atoms with Gasteiger partial charge in [0, 0.05) is 44.5 Å². The lowest BCUT2D eigenvalue weighted by Gasteiger charge is -2.33. The van der Waals surface area contributed by atoms with Gasteiger partial charge in [-0.15, -0.1) is 0 Å². The van der Waals surface area contributed by atoms with E-state index in [1.54, 1.807) is 6.20 Å². The van der Waals surface area contributed by atoms with Crippen molar-refractivity contribution >= 4 is 5.82 Å². The molecule has 7 heteroatoms. The van der Waals surface area contributed by atoms with Crippen LogP contribution in [-0.2, 0) is 0 Å². The number of piperazine rings is 1. The lowest BCUT2D eigenvalue weighted by molar-refractivity contribution is 0.137. The fraction of sp³-hybridized carbons (Fsp3) is 0.435. The van der Waals surface area contributed by atoms with Crippen LogP contribution in [0.15, 0.2) is 47.1 Å². The Morgan fingerprint density at radius 3 is 2.40 bits per heavy atom. The van der Waals surface area contributed by atoms with Crippen LogP contribution in [-0.4, -0.2) is 70.7 Å². The number of hydrogen-bond donors (Lipinski definition) is 1. The molecule has 4 rings (SSSR count). The molecule has 0 amide bonds. The largest absolute Gasteiger partial charge is 0.370 e. The van der Waals surface area contributed by atoms with E-state index < -0.39 is 0 Å². The molecule has 1 aliphatic rings. The number of aromatic nitrogens is 3. The standard InChI is InChI=1S/C23H30N6O/c1-3-28-13-15-29(16-14-28)12-4-11-24-21-10-9-20(17-25-21)23-26-22(27-30-23)19-7-5-18(2)6-8-19/h5-10,17H,3-4,11-16H2,1-2H3,(H,24,25). The van der Waals surface area contributed by atoms with Crippen LogP contribution in [0, 0.1) is 6.92 Å². The second-order valence-corrected chi connectivity index (χ2v) is 7.78. The number of likely N-dealkylation sites (N-methyl/N-ethyl adjacent to an activating group) is 1. The minimum Gasteiger partial charge on any atom is -0.370 e. The first-order valence-corrected chi connectivity index (χ1v) is 10.8. The van der Waals surface area contributed by atoms with Crippen LogP contribution >= 0.6 is 0 Å². The summed E-state index contributed by atoms with van der Waals surface area (Å²) in [6.45, 7) is 12.2. The topological polar surface area (TPSA) is 70.3 Å². The molecule has 0 saturated carbocycles. The predicted octanol–water partition coefficient (Wildman–Crippen LogP) is 3.55. The molecule has 3 aromatic rings. The Kier molecular flexibility index (Phi) is 6.71. The van der Waals surface area contributed by atoms with Crippen molar-refractivity contribution in [2.75, 3.05) is 51.1 Å². The van der Waals surface area contributed by atoms with Gasteiger partial charge in [-0.2, -0.15) is 4.98 Å². The summed E-state index contributed by atoms with van der Waals surface area (Å²) in [5, 5.41) is 7.50. The summed E-state index contributed by atoms with van der Waals surface area (Å²) in [5.74, 6) is 1.94. The van der Waals surface area contributed by atoms with Crippen LogP contribution in [0.1, 0.15) is 18.9 Å². The SMILES string of the molecule is CCN1CCN(CCCNc2ccc(-c3nc(-c4ccc(C)cc4)no3)cn2)CC1. The highest BCUT2D eigenvalue weighted by molar-refractivity contribution is 5.60. The van der Waals surface area contributed by atoms with E-state index in [2.05, 4.69) is 44.1 Å². The quantitative estimate of drug-likeness (QED) is 0.574. The number of pyridine rings is 1. The van der Waals surface area contributed by atoms with Crippen LogP contribution < -0.4 is 5.32 Å². The third-order valence-electron chi connectivity index (χ3n) is 5.62. The molecule has 1 saturated heterocycles. The summed E-state index contributed by atoms with van der Waals surface area (Å²) in [6, 6.07) is 12.0. The van der Waals surface area contributed by atoms with Gasteiger partial charge in [0.2, 0.25) is 5.82 Å². The third kappa shape index (κ3) is 5.23. The highest BCUT2D eigenvalue weighted by atomic mass is 16.5. The molecule has 1 fully saturated rings. The maximum absolute atomic E-state index is 5.43. The lowest BCUT2D eigenvalue weighted by Crippen LogP contribution is -2.46. The van der Waals surface area contributed by atoms with Crippen LogP contribution in [0.3, 0.4) is 0 Å². The van der Waals surface area contributed by atoms with Crippen molar-refractivity contribution in [3.05, 3.63) is 48.2 Å². The van der Waals surface area contributed by atoms with E-state index in [9.17, 15) is 0 Å². The van der Waals surface area contributed by atoms with E-state index in [0.717, 1.165) is 43.0 Å². The van der Waals surface area contributed by atoms with E-state index >= 15 is 0 Å². The molecule has 2 aromatic heterocycles. The molecule has 158 valence electrons. The predicted molar refractivity (Wildman–Crippen MR) is 119 cm³/mol. The Bertz CT molecular complexity index is 914. The molecular formula is C23H30N6O. The van der Waals surface area contributed by atoms with Gasteiger partial charge in [-0.1, -0.05) is 41.9 Å². The van der Waals surface area contributed by atoms with Crippen molar-refractivity contribution in [1.29, 1.82) is 0 Å². The lowest BCUT2D eigenvalue weighted by atomic mass is 10.1. The van der Waals surface area contributed by atoms with Crippen LogP contribution in [0.2, 0.25) is 0 Å². The Balaban J connectivity index is 1.25. The van der Waals surface area contributed by atoms with Gasteiger partial charge in [-0.3, -0.25) is 0 Å². The summed E-state index contributed by atoms with van der Waals surface area (Å²) in [4.78, 5) is 14.1. The second-order valence-electron chi connectivity index (χ2n) is 7.78. The molecule has 0 atom stereocenters. The fourth-order valence-corrected chi connectivity index (χ4v) is 3.63. The summed E-state index contributed by atoms with van der Waals surface area (Å²) in [5.41, 5.74) is 2.96. The van der Waals surface area contributed by atoms with Crippen molar-refractivity contribution in [3.63, 3.8) is 0 Å². The number of anilines is 1. The maximum atomic E-state index is 5.43. The zero-order chi connectivity index (χ0) is 20.8. The summed E-state index contributed by atoms with van der Waals surface area (Å²) in [7, 11) is 0. The van der Waals surface area contributed by atoms with Gasteiger partial charge in [-0.05, 0) is 38.6 Å². The monoisotopic (exact) mass is 406 g/mol. The first-order chi connectivity index (χ1) is 14.7. The van der Waals surface area contributed by atoms with Crippen molar-refractivity contribution in [2.45, 2.75) is 20.3 Å². The van der Waals surface area contributed by atoms with Crippen LogP contribution in [0.5, 0.6) is 0 Å². The number of hydrogen-bond acceptors (Lipinski definition) is 7. The minimum absolute atomic E-state index is 0.482. The normalized spacial score (nSPS) is 15.4. The average molecular weight is 407 g/mol. The number of aryl methyl sites for hydroxylation is 1. The van der Waals surface area contributed by atoms with E-state index in [1.165, 1.54) is 31.7 Å². The van der Waals surface area contributed by atoms with Gasteiger partial charge >= 0.3 is 0 Å². The van der Waals surface area contributed by atoms with Gasteiger partial charge in [0.15, 0.2) is 0 Å². The first kappa shape index (κ1) is 20.5. The van der Waals surface area contributed by atoms with Crippen LogP contribution in [0.25, 0.3) is 22.8 Å². The zero-order valence-corrected chi connectivity index (χ0v) is 17.8. The molecule has 0 radical (unpaired) electrons. The molecule has 0 unspecified atom stereocenters. The van der Waals surface area contributed by atoms with E-state index in [0.29, 0.717) is 11.7 Å². The Labute approximate surface area is 178 Å². The molecule has 0 spiro atoms. The number of nitrogens with zero attached hydrogens (tertiary/aromatic N) is 5. The molecular weight excluding hydrogens is 376 g/mol. The highest BCUT2D eigenvalue weighted by Gasteiger charge is 2.14. The molecule has 1 aromatic carbocycles. The van der Waals surface area contributed by atoms with Gasteiger partial charge in [0.05, 0.1) is 5.56 Å². The first-order valence-electron chi connectivity index (χ1n) is 10.8. The molecule has 0 aliphatic carbocycles. The van der Waals surface area contributed by atoms with Crippen molar-refractivity contribution in [2.24, 2.45) is 0 Å². The van der Waals surface area contributed by atoms with Gasteiger partial charge < -0.3 is 19.6 Å². The molecule has 3 heterocycles. The van der Waals surface area contributed by atoms with Crippen LogP contribution in [0.4, 0.5) is 5.82 Å². The van der Waals surface area contributed by atoms with Crippen molar-refractivity contribution in [1.82, 2.24) is 24.9 Å². The highest BCUT2D eigenvalue weighted by Crippen LogP contribution is 2.22. The molecule has 1 aliphatic heterocycles. The molecule has 7 nitrogen and oxygen atoms in total.